The first kappa shape index (κ1) is 21.8. The minimum atomic E-state index is -0.606. The predicted octanol–water partition coefficient (Wildman–Crippen LogP) is 5.67. The van der Waals surface area contributed by atoms with Crippen LogP contribution >= 0.6 is 27.5 Å². The van der Waals surface area contributed by atoms with Crippen LogP contribution in [0, 0.1) is 0 Å². The number of aliphatic imine (C=N–C) groups is 1. The van der Waals surface area contributed by atoms with Gasteiger partial charge in [-0.25, -0.2) is 14.6 Å². The highest BCUT2D eigenvalue weighted by Gasteiger charge is 2.25. The zero-order valence-electron chi connectivity index (χ0n) is 16.7. The van der Waals surface area contributed by atoms with Gasteiger partial charge in [0.25, 0.3) is 0 Å². The van der Waals surface area contributed by atoms with E-state index in [4.69, 9.17) is 25.8 Å². The first-order valence-electron chi connectivity index (χ1n) is 9.37. The maximum atomic E-state index is 12.5. The Balaban J connectivity index is 1.63. The van der Waals surface area contributed by atoms with E-state index in [0.29, 0.717) is 27.5 Å². The number of hydrogen-bond donors (Lipinski definition) is 0. The van der Waals surface area contributed by atoms with Crippen LogP contribution in [0.4, 0.5) is 0 Å². The predicted molar refractivity (Wildman–Crippen MR) is 124 cm³/mol. The largest absolute Gasteiger partial charge is 0.497 e. The molecule has 0 saturated heterocycles. The molecule has 0 aliphatic carbocycles. The Bertz CT molecular complexity index is 1250. The van der Waals surface area contributed by atoms with Crippen molar-refractivity contribution in [3.05, 3.63) is 98.6 Å². The molecule has 0 fully saturated rings. The first-order valence-corrected chi connectivity index (χ1v) is 10.5. The first-order chi connectivity index (χ1) is 15.4. The number of halogens is 2. The summed E-state index contributed by atoms with van der Waals surface area (Å²) in [6.07, 6.45) is 1.51. The monoisotopic (exact) mass is 511 g/mol. The summed E-state index contributed by atoms with van der Waals surface area (Å²) in [5.41, 5.74) is 1.54. The SMILES string of the molecule is COc1ccc(C2=N/C(=C/c3cc(Br)ccc3OC(=O)c3ccc(Cl)cc3)C(=O)O2)cc1. The van der Waals surface area contributed by atoms with Crippen LogP contribution in [-0.2, 0) is 9.53 Å². The lowest BCUT2D eigenvalue weighted by Gasteiger charge is -2.08. The highest BCUT2D eigenvalue weighted by atomic mass is 79.9. The number of esters is 2. The zero-order chi connectivity index (χ0) is 22.7. The van der Waals surface area contributed by atoms with E-state index in [1.54, 1.807) is 73.8 Å². The van der Waals surface area contributed by atoms with Crippen LogP contribution in [-0.4, -0.2) is 24.9 Å². The van der Waals surface area contributed by atoms with Crippen LogP contribution in [0.2, 0.25) is 5.02 Å². The molecule has 4 rings (SSSR count). The second-order valence-corrected chi connectivity index (χ2v) is 8.00. The number of hydrogen-bond acceptors (Lipinski definition) is 6. The van der Waals surface area contributed by atoms with Crippen molar-refractivity contribution in [1.82, 2.24) is 0 Å². The second kappa shape index (κ2) is 9.38. The summed E-state index contributed by atoms with van der Waals surface area (Å²) in [5, 5.41) is 0.515. The van der Waals surface area contributed by atoms with Crippen molar-refractivity contribution in [2.45, 2.75) is 0 Å². The van der Waals surface area contributed by atoms with Crippen LogP contribution in [0.3, 0.4) is 0 Å². The van der Waals surface area contributed by atoms with Crippen LogP contribution in [0.25, 0.3) is 6.08 Å². The molecule has 0 unspecified atom stereocenters. The molecule has 0 radical (unpaired) electrons. The average Bonchev–Trinajstić information content (AvgIpc) is 3.16. The molecule has 8 heteroatoms. The minimum absolute atomic E-state index is 0.0812. The lowest BCUT2D eigenvalue weighted by Crippen LogP contribution is -2.09. The van der Waals surface area contributed by atoms with E-state index in [1.807, 2.05) is 0 Å². The Hall–Kier alpha value is -3.42. The normalized spacial score (nSPS) is 14.2. The summed E-state index contributed by atoms with van der Waals surface area (Å²) in [6.45, 7) is 0. The summed E-state index contributed by atoms with van der Waals surface area (Å²) in [6, 6.07) is 18.4. The van der Waals surface area contributed by atoms with Gasteiger partial charge >= 0.3 is 11.9 Å². The molecule has 3 aromatic carbocycles. The van der Waals surface area contributed by atoms with Gasteiger partial charge in [0.15, 0.2) is 5.70 Å². The molecule has 0 atom stereocenters. The molecule has 1 aliphatic rings. The van der Waals surface area contributed by atoms with Crippen molar-refractivity contribution in [1.29, 1.82) is 0 Å². The third-order valence-electron chi connectivity index (χ3n) is 4.50. The third-order valence-corrected chi connectivity index (χ3v) is 5.25. The van der Waals surface area contributed by atoms with Gasteiger partial charge in [0.05, 0.1) is 12.7 Å². The molecule has 3 aromatic rings. The Kier molecular flexibility index (Phi) is 6.39. The van der Waals surface area contributed by atoms with Gasteiger partial charge in [-0.2, -0.15) is 0 Å². The van der Waals surface area contributed by atoms with E-state index in [2.05, 4.69) is 20.9 Å². The highest BCUT2D eigenvalue weighted by Crippen LogP contribution is 2.29. The lowest BCUT2D eigenvalue weighted by atomic mass is 10.1. The molecule has 0 aromatic heterocycles. The fraction of sp³-hybridized carbons (Fsp3) is 0.0417. The van der Waals surface area contributed by atoms with E-state index >= 15 is 0 Å². The number of carbonyl (C=O) groups excluding carboxylic acids is 2. The number of carbonyl (C=O) groups is 2. The summed E-state index contributed by atoms with van der Waals surface area (Å²) >= 11 is 9.27. The van der Waals surface area contributed by atoms with Crippen molar-refractivity contribution >= 4 is 51.4 Å². The lowest BCUT2D eigenvalue weighted by molar-refractivity contribution is -0.129. The fourth-order valence-electron chi connectivity index (χ4n) is 2.88. The molecule has 0 N–H and O–H groups in total. The van der Waals surface area contributed by atoms with Gasteiger partial charge in [-0.3, -0.25) is 0 Å². The molecule has 0 bridgehead atoms. The van der Waals surface area contributed by atoms with Crippen molar-refractivity contribution in [3.8, 4) is 11.5 Å². The fourth-order valence-corrected chi connectivity index (χ4v) is 3.39. The van der Waals surface area contributed by atoms with Crippen LogP contribution < -0.4 is 9.47 Å². The second-order valence-electron chi connectivity index (χ2n) is 6.64. The number of cyclic esters (lactones) is 1. The van der Waals surface area contributed by atoms with Crippen molar-refractivity contribution < 1.29 is 23.8 Å². The number of methoxy groups -OCH3 is 1. The maximum Gasteiger partial charge on any atom is 0.363 e. The molecule has 160 valence electrons. The Labute approximate surface area is 197 Å². The van der Waals surface area contributed by atoms with Gasteiger partial charge in [-0.1, -0.05) is 27.5 Å². The minimum Gasteiger partial charge on any atom is -0.497 e. The Morgan fingerprint density at radius 1 is 1.06 bits per heavy atom. The number of nitrogens with zero attached hydrogens (tertiary/aromatic N) is 1. The number of rotatable bonds is 5. The molecular weight excluding hydrogens is 498 g/mol. The summed E-state index contributed by atoms with van der Waals surface area (Å²) in [7, 11) is 1.57. The van der Waals surface area contributed by atoms with E-state index in [-0.39, 0.29) is 17.3 Å². The topological polar surface area (TPSA) is 74.2 Å². The van der Waals surface area contributed by atoms with E-state index in [9.17, 15) is 9.59 Å². The zero-order valence-corrected chi connectivity index (χ0v) is 19.0. The van der Waals surface area contributed by atoms with Crippen molar-refractivity contribution in [2.24, 2.45) is 4.99 Å². The standard InChI is InChI=1S/C24H15BrClNO5/c1-30-19-9-4-14(5-10-19)22-27-20(24(29)32-22)13-16-12-17(25)6-11-21(16)31-23(28)15-2-7-18(26)8-3-15/h2-13H,1H3/b20-13+. The highest BCUT2D eigenvalue weighted by molar-refractivity contribution is 9.10. The van der Waals surface area contributed by atoms with Gasteiger partial charge in [0, 0.05) is 20.6 Å². The van der Waals surface area contributed by atoms with E-state index in [1.165, 1.54) is 6.08 Å². The quantitative estimate of drug-likeness (QED) is 0.250. The molecule has 32 heavy (non-hydrogen) atoms. The van der Waals surface area contributed by atoms with Gasteiger partial charge in [0.1, 0.15) is 11.5 Å². The van der Waals surface area contributed by atoms with Crippen molar-refractivity contribution in [3.63, 3.8) is 0 Å². The summed E-state index contributed by atoms with van der Waals surface area (Å²) in [4.78, 5) is 29.2. The summed E-state index contributed by atoms with van der Waals surface area (Å²) in [5.74, 6) is -0.0401. The molecule has 1 aliphatic heterocycles. The molecule has 1 heterocycles. The Morgan fingerprint density at radius 2 is 1.78 bits per heavy atom. The van der Waals surface area contributed by atoms with Gasteiger partial charge in [-0.15, -0.1) is 0 Å². The molecule has 6 nitrogen and oxygen atoms in total. The van der Waals surface area contributed by atoms with Crippen LogP contribution in [0.1, 0.15) is 21.5 Å². The Morgan fingerprint density at radius 3 is 2.47 bits per heavy atom. The molecule has 0 saturated carbocycles. The van der Waals surface area contributed by atoms with E-state index in [0.717, 1.165) is 4.47 Å². The van der Waals surface area contributed by atoms with Gasteiger partial charge < -0.3 is 14.2 Å². The molecule has 0 amide bonds. The number of benzene rings is 3. The molecular formula is C24H15BrClNO5. The summed E-state index contributed by atoms with van der Waals surface area (Å²) < 4.78 is 16.7. The number of ether oxygens (including phenoxy) is 3. The average molecular weight is 513 g/mol. The third kappa shape index (κ3) is 4.90. The van der Waals surface area contributed by atoms with E-state index < -0.39 is 11.9 Å². The molecule has 0 spiro atoms. The maximum absolute atomic E-state index is 12.5. The van der Waals surface area contributed by atoms with Gasteiger partial charge in [-0.05, 0) is 72.8 Å². The van der Waals surface area contributed by atoms with Crippen LogP contribution in [0.15, 0.2) is 81.9 Å². The van der Waals surface area contributed by atoms with Crippen LogP contribution in [0.5, 0.6) is 11.5 Å². The van der Waals surface area contributed by atoms with Crippen molar-refractivity contribution in [2.75, 3.05) is 7.11 Å². The smallest absolute Gasteiger partial charge is 0.363 e. The van der Waals surface area contributed by atoms with Gasteiger partial charge in [0.2, 0.25) is 5.90 Å².